The van der Waals surface area contributed by atoms with Crippen molar-refractivity contribution in [3.63, 3.8) is 0 Å². The lowest BCUT2D eigenvalue weighted by Gasteiger charge is -2.28. The topological polar surface area (TPSA) is 29.5 Å². The Morgan fingerprint density at radius 1 is 0.375 bits per heavy atom. The van der Waals surface area contributed by atoms with Crippen molar-refractivity contribution in [1.29, 1.82) is 0 Å². The normalized spacial score (nSPS) is 13.3. The molecule has 0 atom stereocenters. The fourth-order valence-electron chi connectivity index (χ4n) is 9.51. The van der Waals surface area contributed by atoms with E-state index in [9.17, 15) is 0 Å². The van der Waals surface area contributed by atoms with Gasteiger partial charge in [-0.3, -0.25) is 0 Å². The lowest BCUT2D eigenvalue weighted by Crippen LogP contribution is -2.16. The molecule has 1 aliphatic rings. The fourth-order valence-corrected chi connectivity index (χ4v) is 9.51. The average molecular weight is 718 g/mol. The Balaban J connectivity index is 1.10. The van der Waals surface area contributed by atoms with Crippen LogP contribution in [0.1, 0.15) is 25.0 Å². The van der Waals surface area contributed by atoms with E-state index < -0.39 is 0 Å². The molecule has 0 saturated heterocycles. The molecule has 11 aromatic rings. The van der Waals surface area contributed by atoms with Gasteiger partial charge in [0.1, 0.15) is 22.3 Å². The Morgan fingerprint density at radius 3 is 1.91 bits per heavy atom. The van der Waals surface area contributed by atoms with Gasteiger partial charge in [-0.2, -0.15) is 0 Å². The van der Waals surface area contributed by atoms with E-state index in [1.807, 2.05) is 12.1 Å². The molecular weight excluding hydrogens is 683 g/mol. The Kier molecular flexibility index (Phi) is 6.40. The zero-order chi connectivity index (χ0) is 37.1. The zero-order valence-corrected chi connectivity index (χ0v) is 31.0. The van der Waals surface area contributed by atoms with Crippen LogP contribution in [0, 0.1) is 0 Å². The van der Waals surface area contributed by atoms with Crippen molar-refractivity contribution >= 4 is 82.5 Å². The van der Waals surface area contributed by atoms with Crippen LogP contribution in [-0.2, 0) is 5.41 Å². The summed E-state index contributed by atoms with van der Waals surface area (Å²) in [4.78, 5) is 2.38. The van der Waals surface area contributed by atoms with Gasteiger partial charge in [0.25, 0.3) is 0 Å². The van der Waals surface area contributed by atoms with Crippen LogP contribution in [0.2, 0.25) is 0 Å². The SMILES string of the molecule is CC1(C)c2ccccc2-c2ccc(N(c3ccc4ccccc4c3)c3ccc4c(c3)oc3c(-c5cccc6c5oc5ccccc56)c5ccccc5cc34)cc21. The molecule has 3 nitrogen and oxygen atoms in total. The maximum absolute atomic E-state index is 7.08. The maximum Gasteiger partial charge on any atom is 0.144 e. The average Bonchev–Trinajstić information content (AvgIpc) is 3.87. The van der Waals surface area contributed by atoms with E-state index in [-0.39, 0.29) is 5.41 Å². The monoisotopic (exact) mass is 717 g/mol. The molecule has 9 aromatic carbocycles. The minimum Gasteiger partial charge on any atom is -0.455 e. The third kappa shape index (κ3) is 4.40. The second kappa shape index (κ2) is 11.5. The third-order valence-electron chi connectivity index (χ3n) is 12.2. The summed E-state index contributed by atoms with van der Waals surface area (Å²) in [7, 11) is 0. The number of nitrogens with zero attached hydrogens (tertiary/aromatic N) is 1. The van der Waals surface area contributed by atoms with Gasteiger partial charge in [0.15, 0.2) is 0 Å². The molecule has 12 rings (SSSR count). The van der Waals surface area contributed by atoms with Gasteiger partial charge in [0, 0.05) is 61.2 Å². The molecule has 264 valence electrons. The first kappa shape index (κ1) is 31.3. The molecule has 0 amide bonds. The van der Waals surface area contributed by atoms with Crippen LogP contribution >= 0.6 is 0 Å². The predicted octanol–water partition coefficient (Wildman–Crippen LogP) is 15.2. The number of anilines is 3. The molecule has 3 heteroatoms. The molecule has 0 fully saturated rings. The first-order chi connectivity index (χ1) is 27.5. The molecule has 2 aromatic heterocycles. The third-order valence-corrected chi connectivity index (χ3v) is 12.2. The van der Waals surface area contributed by atoms with Gasteiger partial charge in [0.2, 0.25) is 0 Å². The minimum atomic E-state index is -0.124. The predicted molar refractivity (Wildman–Crippen MR) is 234 cm³/mol. The van der Waals surface area contributed by atoms with Gasteiger partial charge in [-0.25, -0.2) is 0 Å². The highest BCUT2D eigenvalue weighted by atomic mass is 16.3. The largest absolute Gasteiger partial charge is 0.455 e. The van der Waals surface area contributed by atoms with E-state index in [1.165, 1.54) is 33.0 Å². The van der Waals surface area contributed by atoms with Crippen molar-refractivity contribution in [2.75, 3.05) is 4.90 Å². The standard InChI is InChI=1S/C53H35NO2/c1-53(2)46-20-9-7-16-39(46)40-26-24-36(30-47(40)53)54(35-23-22-32-12-3-4-13-33(32)28-35)37-25-27-42-45-29-34-14-5-6-15-38(34)50(52(45)56-49(42)31-37)44-19-11-18-43-41-17-8-10-21-48(41)55-51(43)44/h3-31H,1-2H3. The second-order valence-electron chi connectivity index (χ2n) is 15.7. The first-order valence-electron chi connectivity index (χ1n) is 19.3. The van der Waals surface area contributed by atoms with Crippen molar-refractivity contribution in [1.82, 2.24) is 0 Å². The molecule has 2 heterocycles. The number of fused-ring (bicyclic) bond motifs is 11. The van der Waals surface area contributed by atoms with Gasteiger partial charge in [-0.1, -0.05) is 135 Å². The van der Waals surface area contributed by atoms with Crippen molar-refractivity contribution in [3.05, 3.63) is 187 Å². The smallest absolute Gasteiger partial charge is 0.144 e. The number of rotatable bonds is 4. The van der Waals surface area contributed by atoms with Crippen molar-refractivity contribution in [3.8, 4) is 22.3 Å². The Morgan fingerprint density at radius 2 is 1.00 bits per heavy atom. The lowest BCUT2D eigenvalue weighted by molar-refractivity contribution is 0.660. The maximum atomic E-state index is 7.08. The molecule has 0 N–H and O–H groups in total. The molecule has 0 bridgehead atoms. The summed E-state index contributed by atoms with van der Waals surface area (Å²) in [6.45, 7) is 4.69. The summed E-state index contributed by atoms with van der Waals surface area (Å²) < 4.78 is 13.7. The van der Waals surface area contributed by atoms with Gasteiger partial charge in [-0.05, 0) is 92.3 Å². The van der Waals surface area contributed by atoms with E-state index in [4.69, 9.17) is 8.83 Å². The number of benzene rings is 9. The zero-order valence-electron chi connectivity index (χ0n) is 31.0. The highest BCUT2D eigenvalue weighted by Crippen LogP contribution is 2.51. The molecule has 0 radical (unpaired) electrons. The number of para-hydroxylation sites is 2. The molecular formula is C53H35NO2. The van der Waals surface area contributed by atoms with Crippen molar-refractivity contribution in [2.45, 2.75) is 19.3 Å². The van der Waals surface area contributed by atoms with Crippen LogP contribution in [0.4, 0.5) is 17.1 Å². The quantitative estimate of drug-likeness (QED) is 0.182. The Hall–Kier alpha value is -7.10. The highest BCUT2D eigenvalue weighted by Gasteiger charge is 2.36. The van der Waals surface area contributed by atoms with E-state index in [2.05, 4.69) is 183 Å². The summed E-state index contributed by atoms with van der Waals surface area (Å²) in [5.74, 6) is 0. The molecule has 0 saturated carbocycles. The molecule has 0 spiro atoms. The summed E-state index contributed by atoms with van der Waals surface area (Å²) in [6, 6.07) is 63.4. The molecule has 0 unspecified atom stereocenters. The molecule has 0 aliphatic heterocycles. The van der Waals surface area contributed by atoms with E-state index in [0.29, 0.717) is 0 Å². The van der Waals surface area contributed by atoms with E-state index >= 15 is 0 Å². The lowest BCUT2D eigenvalue weighted by atomic mass is 9.82. The number of hydrogen-bond donors (Lipinski definition) is 0. The van der Waals surface area contributed by atoms with Gasteiger partial charge >= 0.3 is 0 Å². The summed E-state index contributed by atoms with van der Waals surface area (Å²) in [6.07, 6.45) is 0. The van der Waals surface area contributed by atoms with Crippen LogP contribution in [0.25, 0.3) is 87.7 Å². The Bertz CT molecular complexity index is 3420. The summed E-state index contributed by atoms with van der Waals surface area (Å²) >= 11 is 0. The minimum absolute atomic E-state index is 0.124. The highest BCUT2D eigenvalue weighted by molar-refractivity contribution is 6.22. The molecule has 1 aliphatic carbocycles. The second-order valence-corrected chi connectivity index (χ2v) is 15.7. The summed E-state index contributed by atoms with van der Waals surface area (Å²) in [5, 5.41) is 9.09. The van der Waals surface area contributed by atoms with Gasteiger partial charge in [0.05, 0.1) is 0 Å². The molecule has 56 heavy (non-hydrogen) atoms. The van der Waals surface area contributed by atoms with E-state index in [0.717, 1.165) is 82.8 Å². The van der Waals surface area contributed by atoms with Gasteiger partial charge in [-0.15, -0.1) is 0 Å². The first-order valence-corrected chi connectivity index (χ1v) is 19.3. The fraction of sp³-hybridized carbons (Fsp3) is 0.0566. The summed E-state index contributed by atoms with van der Waals surface area (Å²) in [5.41, 5.74) is 14.0. The van der Waals surface area contributed by atoms with Crippen LogP contribution in [0.15, 0.2) is 185 Å². The number of hydrogen-bond acceptors (Lipinski definition) is 3. The Labute approximate surface area is 323 Å². The van der Waals surface area contributed by atoms with Gasteiger partial charge < -0.3 is 13.7 Å². The van der Waals surface area contributed by atoms with Crippen LogP contribution < -0.4 is 4.90 Å². The number of furan rings is 2. The van der Waals surface area contributed by atoms with Crippen LogP contribution in [-0.4, -0.2) is 0 Å². The van der Waals surface area contributed by atoms with Crippen molar-refractivity contribution < 1.29 is 8.83 Å². The van der Waals surface area contributed by atoms with Crippen LogP contribution in [0.3, 0.4) is 0 Å². The van der Waals surface area contributed by atoms with Crippen LogP contribution in [0.5, 0.6) is 0 Å². The van der Waals surface area contributed by atoms with E-state index in [1.54, 1.807) is 0 Å². The van der Waals surface area contributed by atoms with Crippen molar-refractivity contribution in [2.24, 2.45) is 0 Å².